The maximum Gasteiger partial charge on any atom is 0.414 e. The van der Waals surface area contributed by atoms with Crippen LogP contribution in [-0.2, 0) is 16.1 Å². The minimum atomic E-state index is -1.05. The van der Waals surface area contributed by atoms with Crippen molar-refractivity contribution in [2.45, 2.75) is 12.5 Å². The summed E-state index contributed by atoms with van der Waals surface area (Å²) >= 11 is 0. The summed E-state index contributed by atoms with van der Waals surface area (Å²) in [4.78, 5) is 26.6. The van der Waals surface area contributed by atoms with Gasteiger partial charge >= 0.3 is 12.1 Å². The van der Waals surface area contributed by atoms with E-state index in [0.29, 0.717) is 0 Å². The number of amides is 1. The normalized spacial score (nSPS) is 12.3. The van der Waals surface area contributed by atoms with E-state index in [0.717, 1.165) is 26.9 Å². The second-order valence-corrected chi connectivity index (χ2v) is 6.11. The van der Waals surface area contributed by atoms with Crippen LogP contribution in [0.25, 0.3) is 11.1 Å². The number of carboxylic acid groups (broad SMARTS) is 1. The van der Waals surface area contributed by atoms with Crippen molar-refractivity contribution in [3.63, 3.8) is 0 Å². The molecule has 0 unspecified atom stereocenters. The number of carboxylic acids is 1. The number of anilines is 1. The van der Waals surface area contributed by atoms with Crippen LogP contribution in [0.4, 0.5) is 10.7 Å². The summed E-state index contributed by atoms with van der Waals surface area (Å²) < 4.78 is 6.49. The third kappa shape index (κ3) is 3.37. The molecule has 0 bridgehead atoms. The van der Waals surface area contributed by atoms with Gasteiger partial charge in [0.15, 0.2) is 0 Å². The maximum atomic E-state index is 12.1. The lowest BCUT2D eigenvalue weighted by Crippen LogP contribution is -2.19. The molecule has 0 saturated heterocycles. The Morgan fingerprint density at radius 1 is 1.07 bits per heavy atom. The number of nitrogens with zero attached hydrogens (tertiary/aromatic N) is 3. The third-order valence-corrected chi connectivity index (χ3v) is 4.39. The predicted octanol–water partition coefficient (Wildman–Crippen LogP) is 2.72. The molecule has 0 atom stereocenters. The number of hydrogen-bond donors (Lipinski definition) is 2. The topological polar surface area (TPSA) is 106 Å². The van der Waals surface area contributed by atoms with Crippen LogP contribution in [0, 0.1) is 0 Å². The van der Waals surface area contributed by atoms with E-state index < -0.39 is 12.1 Å². The second kappa shape index (κ2) is 6.91. The molecule has 1 amide bonds. The Balaban J connectivity index is 1.43. The molecule has 2 N–H and O–H groups in total. The summed E-state index contributed by atoms with van der Waals surface area (Å²) in [5.74, 6) is -1.10. The number of carbonyl (C=O) groups is 2. The van der Waals surface area contributed by atoms with Gasteiger partial charge < -0.3 is 9.84 Å². The quantitative estimate of drug-likeness (QED) is 0.721. The minimum absolute atomic E-state index is 0.00604. The summed E-state index contributed by atoms with van der Waals surface area (Å²) in [5.41, 5.74) is 4.54. The van der Waals surface area contributed by atoms with Gasteiger partial charge in [0.05, 0.1) is 0 Å². The Kier molecular flexibility index (Phi) is 4.29. The number of fused-ring (bicyclic) bond motifs is 3. The molecule has 136 valence electrons. The zero-order valence-corrected chi connectivity index (χ0v) is 14.2. The standard InChI is InChI=1S/C19H16N4O4/c24-17(25)9-23-11-20-18(22-23)21-19(26)27-10-16-14-7-3-1-5-12(14)13-6-2-4-8-15(13)16/h1-8,11,16H,9-10H2,(H,24,25)(H,21,22,26). The second-order valence-electron chi connectivity index (χ2n) is 6.11. The molecule has 1 aliphatic rings. The molecule has 1 aliphatic carbocycles. The van der Waals surface area contributed by atoms with Crippen molar-refractivity contribution in [2.24, 2.45) is 0 Å². The van der Waals surface area contributed by atoms with Crippen LogP contribution < -0.4 is 5.32 Å². The number of benzene rings is 2. The van der Waals surface area contributed by atoms with E-state index in [2.05, 4.69) is 27.5 Å². The largest absolute Gasteiger partial charge is 0.480 e. The molecule has 2 aromatic carbocycles. The number of aliphatic carboxylic acids is 1. The van der Waals surface area contributed by atoms with Gasteiger partial charge in [-0.3, -0.25) is 10.1 Å². The molecule has 0 radical (unpaired) electrons. The van der Waals surface area contributed by atoms with E-state index in [1.54, 1.807) is 0 Å². The van der Waals surface area contributed by atoms with E-state index in [9.17, 15) is 9.59 Å². The molecule has 0 fully saturated rings. The Bertz CT molecular complexity index is 969. The zero-order valence-electron chi connectivity index (χ0n) is 14.2. The fraction of sp³-hybridized carbons (Fsp3) is 0.158. The fourth-order valence-corrected chi connectivity index (χ4v) is 3.29. The predicted molar refractivity (Wildman–Crippen MR) is 96.3 cm³/mol. The summed E-state index contributed by atoms with van der Waals surface area (Å²) in [6.07, 6.45) is 0.539. The highest BCUT2D eigenvalue weighted by atomic mass is 16.5. The van der Waals surface area contributed by atoms with Crippen LogP contribution in [0.5, 0.6) is 0 Å². The maximum absolute atomic E-state index is 12.1. The van der Waals surface area contributed by atoms with E-state index >= 15 is 0 Å². The zero-order chi connectivity index (χ0) is 18.8. The van der Waals surface area contributed by atoms with Gasteiger partial charge in [0.25, 0.3) is 5.95 Å². The van der Waals surface area contributed by atoms with Crippen LogP contribution in [0.1, 0.15) is 17.0 Å². The molecule has 8 heteroatoms. The Morgan fingerprint density at radius 3 is 2.33 bits per heavy atom. The highest BCUT2D eigenvalue weighted by molar-refractivity contribution is 5.83. The Morgan fingerprint density at radius 2 is 1.70 bits per heavy atom. The lowest BCUT2D eigenvalue weighted by atomic mass is 9.98. The first-order chi connectivity index (χ1) is 13.1. The van der Waals surface area contributed by atoms with Gasteiger partial charge in [0.1, 0.15) is 19.5 Å². The molecule has 8 nitrogen and oxygen atoms in total. The summed E-state index contributed by atoms with van der Waals surface area (Å²) in [6.45, 7) is -0.158. The van der Waals surface area contributed by atoms with Crippen molar-refractivity contribution in [2.75, 3.05) is 11.9 Å². The van der Waals surface area contributed by atoms with Gasteiger partial charge in [-0.2, -0.15) is 0 Å². The van der Waals surface area contributed by atoms with Crippen LogP contribution in [0.3, 0.4) is 0 Å². The van der Waals surface area contributed by atoms with Crippen LogP contribution in [0.2, 0.25) is 0 Å². The number of hydrogen-bond acceptors (Lipinski definition) is 5. The van der Waals surface area contributed by atoms with Crippen molar-refractivity contribution in [3.05, 3.63) is 66.0 Å². The molecule has 27 heavy (non-hydrogen) atoms. The molecule has 1 aromatic heterocycles. The van der Waals surface area contributed by atoms with Crippen molar-refractivity contribution in [3.8, 4) is 11.1 Å². The van der Waals surface area contributed by atoms with Crippen molar-refractivity contribution >= 4 is 18.0 Å². The van der Waals surface area contributed by atoms with E-state index in [4.69, 9.17) is 9.84 Å². The van der Waals surface area contributed by atoms with Gasteiger partial charge in [-0.15, -0.1) is 5.10 Å². The molecular formula is C19H16N4O4. The number of carbonyl (C=O) groups excluding carboxylic acids is 1. The number of nitrogens with one attached hydrogen (secondary N) is 1. The fourth-order valence-electron chi connectivity index (χ4n) is 3.29. The first-order valence-electron chi connectivity index (χ1n) is 8.35. The third-order valence-electron chi connectivity index (χ3n) is 4.39. The average molecular weight is 364 g/mol. The van der Waals surface area contributed by atoms with Gasteiger partial charge in [-0.05, 0) is 22.3 Å². The SMILES string of the molecule is O=C(O)Cn1cnc(NC(=O)OCC2c3ccccc3-c3ccccc32)n1. The van der Waals surface area contributed by atoms with Crippen molar-refractivity contribution in [1.29, 1.82) is 0 Å². The highest BCUT2D eigenvalue weighted by Gasteiger charge is 2.29. The van der Waals surface area contributed by atoms with Crippen molar-refractivity contribution < 1.29 is 19.4 Å². The molecular weight excluding hydrogens is 348 g/mol. The van der Waals surface area contributed by atoms with E-state index in [1.165, 1.54) is 6.33 Å². The monoisotopic (exact) mass is 364 g/mol. The number of rotatable bonds is 5. The summed E-state index contributed by atoms with van der Waals surface area (Å²) in [7, 11) is 0. The number of ether oxygens (including phenoxy) is 1. The van der Waals surface area contributed by atoms with Crippen LogP contribution >= 0.6 is 0 Å². The highest BCUT2D eigenvalue weighted by Crippen LogP contribution is 2.44. The summed E-state index contributed by atoms with van der Waals surface area (Å²) in [6, 6.07) is 16.1. The Hall–Kier alpha value is -3.68. The smallest absolute Gasteiger partial charge is 0.414 e. The molecule has 1 heterocycles. The van der Waals surface area contributed by atoms with Gasteiger partial charge in [0, 0.05) is 5.92 Å². The lowest BCUT2D eigenvalue weighted by molar-refractivity contribution is -0.137. The van der Waals surface area contributed by atoms with E-state index in [-0.39, 0.29) is 25.0 Å². The molecule has 0 spiro atoms. The molecule has 0 saturated carbocycles. The van der Waals surface area contributed by atoms with Gasteiger partial charge in [-0.25, -0.2) is 14.5 Å². The van der Waals surface area contributed by atoms with Crippen molar-refractivity contribution in [1.82, 2.24) is 14.8 Å². The van der Waals surface area contributed by atoms with E-state index in [1.807, 2.05) is 36.4 Å². The number of aromatic nitrogens is 3. The first-order valence-corrected chi connectivity index (χ1v) is 8.35. The van der Waals surface area contributed by atoms with Crippen LogP contribution in [-0.4, -0.2) is 38.5 Å². The lowest BCUT2D eigenvalue weighted by Gasteiger charge is -2.13. The van der Waals surface area contributed by atoms with Gasteiger partial charge in [-0.1, -0.05) is 48.5 Å². The minimum Gasteiger partial charge on any atom is -0.480 e. The summed E-state index contributed by atoms with van der Waals surface area (Å²) in [5, 5.41) is 15.0. The molecule has 0 aliphatic heterocycles. The van der Waals surface area contributed by atoms with Crippen LogP contribution in [0.15, 0.2) is 54.9 Å². The van der Waals surface area contributed by atoms with Gasteiger partial charge in [0.2, 0.25) is 0 Å². The molecule has 4 rings (SSSR count). The average Bonchev–Trinajstić information content (AvgIpc) is 3.21. The Labute approximate surface area is 154 Å². The first kappa shape index (κ1) is 16.8. The molecule has 3 aromatic rings.